The second kappa shape index (κ2) is 12.1. The monoisotopic (exact) mass is 638 g/mol. The van der Waals surface area contributed by atoms with E-state index in [1.807, 2.05) is 6.92 Å². The van der Waals surface area contributed by atoms with Gasteiger partial charge in [-0.15, -0.1) is 0 Å². The maximum Gasteiger partial charge on any atom is 0.186 e. The third-order valence-electron chi connectivity index (χ3n) is 14.4. The minimum Gasteiger partial charge on any atom is -0.394 e. The number of fused-ring (bicyclic) bond motifs is 5. The first-order valence-electron chi connectivity index (χ1n) is 17.4. The smallest absolute Gasteiger partial charge is 0.186 e. The fourth-order valence-electron chi connectivity index (χ4n) is 11.9. The van der Waals surface area contributed by atoms with Crippen LogP contribution in [0.1, 0.15) is 107 Å². The van der Waals surface area contributed by atoms with Gasteiger partial charge in [-0.25, -0.2) is 0 Å². The summed E-state index contributed by atoms with van der Waals surface area (Å²) in [7, 11) is 0. The second-order valence-electron chi connectivity index (χ2n) is 17.5. The fraction of sp³-hybridized carbons (Fsp3) is 0.944. The van der Waals surface area contributed by atoms with E-state index in [4.69, 9.17) is 9.47 Å². The number of rotatable bonds is 7. The summed E-state index contributed by atoms with van der Waals surface area (Å²) in [6, 6.07) is 0. The molecule has 1 heterocycles. The minimum atomic E-state index is -1.54. The highest BCUT2D eigenvalue weighted by molar-refractivity contribution is 5.22. The molecule has 5 aliphatic rings. The summed E-state index contributed by atoms with van der Waals surface area (Å²) in [6.07, 6.45) is -0.603. The van der Waals surface area contributed by atoms with Crippen molar-refractivity contribution in [3.05, 3.63) is 11.6 Å². The van der Waals surface area contributed by atoms with Crippen LogP contribution in [0.15, 0.2) is 11.6 Å². The highest BCUT2D eigenvalue weighted by atomic mass is 16.7. The Labute approximate surface area is 270 Å². The molecule has 45 heavy (non-hydrogen) atoms. The summed E-state index contributed by atoms with van der Waals surface area (Å²) in [4.78, 5) is 0. The normalized spacial score (nSPS) is 52.2. The Morgan fingerprint density at radius 3 is 2.22 bits per heavy atom. The van der Waals surface area contributed by atoms with E-state index in [9.17, 15) is 35.7 Å². The Hall–Kier alpha value is -0.620. The molecule has 9 nitrogen and oxygen atoms in total. The summed E-state index contributed by atoms with van der Waals surface area (Å²) < 4.78 is 12.6. The quantitative estimate of drug-likeness (QED) is 0.164. The van der Waals surface area contributed by atoms with Crippen molar-refractivity contribution in [1.82, 2.24) is 0 Å². The lowest BCUT2D eigenvalue weighted by Crippen LogP contribution is -2.71. The van der Waals surface area contributed by atoms with Crippen molar-refractivity contribution < 1.29 is 45.2 Å². The Kier molecular flexibility index (Phi) is 9.56. The molecule has 0 bridgehead atoms. The third-order valence-corrected chi connectivity index (χ3v) is 14.4. The van der Waals surface area contributed by atoms with Gasteiger partial charge in [-0.1, -0.05) is 46.3 Å². The summed E-state index contributed by atoms with van der Waals surface area (Å²) in [5, 5.41) is 77.2. The van der Waals surface area contributed by atoms with Gasteiger partial charge in [0, 0.05) is 0 Å². The number of aliphatic hydroxyl groups is 7. The summed E-state index contributed by atoms with van der Waals surface area (Å²) in [5.74, 6) is -0.186. The molecule has 4 aliphatic carbocycles. The van der Waals surface area contributed by atoms with Crippen molar-refractivity contribution in [3.8, 4) is 0 Å². The van der Waals surface area contributed by atoms with Crippen molar-refractivity contribution >= 4 is 0 Å². The first-order chi connectivity index (χ1) is 20.8. The molecule has 0 aromatic carbocycles. The van der Waals surface area contributed by atoms with Crippen molar-refractivity contribution in [2.24, 2.45) is 45.3 Å². The molecular formula is C36H62O9. The molecular weight excluding hydrogens is 576 g/mol. The Balaban J connectivity index is 1.54. The minimum absolute atomic E-state index is 0.0548. The first kappa shape index (κ1) is 35.7. The predicted molar refractivity (Wildman–Crippen MR) is 170 cm³/mol. The third kappa shape index (κ3) is 5.48. The van der Waals surface area contributed by atoms with E-state index in [0.717, 1.165) is 25.7 Å². The molecule has 0 amide bonds. The maximum atomic E-state index is 12.1. The van der Waals surface area contributed by atoms with Gasteiger partial charge >= 0.3 is 0 Å². The van der Waals surface area contributed by atoms with Crippen LogP contribution in [-0.2, 0) is 9.47 Å². The van der Waals surface area contributed by atoms with Crippen LogP contribution < -0.4 is 0 Å². The standard InChI is InChI=1S/C36H62O9/c1-19(2)10-9-13-36(8,43)20-11-15-34(6)26(20)21(38)16-24-33(5)14-12-25(39)32(3,4)30(33)22(17-35(24,34)7)44-31-29(42)28(41)27(40)23(18-37)45-31/h10,20-31,37-43H,9,11-18H2,1-8H3/t20-,21-,22+,23+,24-,25+,26+,27+,28-,29+,30-,31+,33-,34+,35-,36+/m1/s1. The lowest BCUT2D eigenvalue weighted by Gasteiger charge is -2.72. The number of ether oxygens (including phenoxy) is 2. The molecule has 0 aromatic heterocycles. The molecule has 1 aliphatic heterocycles. The molecule has 0 radical (unpaired) electrons. The van der Waals surface area contributed by atoms with Crippen LogP contribution in [0.4, 0.5) is 0 Å². The molecule has 5 rings (SSSR count). The zero-order valence-electron chi connectivity index (χ0n) is 28.8. The predicted octanol–water partition coefficient (Wildman–Crippen LogP) is 3.30. The first-order valence-corrected chi connectivity index (χ1v) is 17.4. The van der Waals surface area contributed by atoms with Crippen LogP contribution in [0.3, 0.4) is 0 Å². The van der Waals surface area contributed by atoms with E-state index >= 15 is 0 Å². The van der Waals surface area contributed by atoms with Crippen molar-refractivity contribution in [1.29, 1.82) is 0 Å². The van der Waals surface area contributed by atoms with Crippen LogP contribution in [0, 0.1) is 45.3 Å². The highest BCUT2D eigenvalue weighted by Crippen LogP contribution is 2.76. The number of hydrogen-bond donors (Lipinski definition) is 7. The number of allylic oxidation sites excluding steroid dienone is 2. The van der Waals surface area contributed by atoms with E-state index in [1.165, 1.54) is 5.57 Å². The van der Waals surface area contributed by atoms with Gasteiger partial charge in [-0.2, -0.15) is 0 Å². The molecule has 7 N–H and O–H groups in total. The SMILES string of the molecule is CC(C)=CCC[C@](C)(O)[C@@H]1CC[C@@]2(C)[C@@H]1[C@H](O)C[C@@H]1[C@@]3(C)CC[C@H](O)C(C)(C)[C@H]3[C@@H](O[C@H]3O[C@@H](CO)[C@H](O)[C@@H](O)[C@@H]3O)C[C@]12C. The Morgan fingerprint density at radius 1 is 0.933 bits per heavy atom. The summed E-state index contributed by atoms with van der Waals surface area (Å²) in [6.45, 7) is 16.6. The van der Waals surface area contributed by atoms with Gasteiger partial charge in [-0.3, -0.25) is 0 Å². The van der Waals surface area contributed by atoms with Crippen LogP contribution >= 0.6 is 0 Å². The van der Waals surface area contributed by atoms with Gasteiger partial charge in [0.15, 0.2) is 6.29 Å². The van der Waals surface area contributed by atoms with Crippen molar-refractivity contribution in [2.75, 3.05) is 6.61 Å². The van der Waals surface area contributed by atoms with Gasteiger partial charge in [0.05, 0.1) is 30.5 Å². The molecule has 0 aromatic rings. The van der Waals surface area contributed by atoms with E-state index in [2.05, 4.69) is 54.5 Å². The molecule has 9 heteroatoms. The van der Waals surface area contributed by atoms with Crippen molar-refractivity contribution in [2.45, 2.75) is 161 Å². The molecule has 16 atom stereocenters. The van der Waals surface area contributed by atoms with Gasteiger partial charge in [0.2, 0.25) is 0 Å². The molecule has 0 unspecified atom stereocenters. The molecule has 5 fully saturated rings. The number of hydrogen-bond acceptors (Lipinski definition) is 9. The average molecular weight is 639 g/mol. The van der Waals surface area contributed by atoms with Gasteiger partial charge in [-0.05, 0) is 117 Å². The van der Waals surface area contributed by atoms with Crippen LogP contribution in [0.25, 0.3) is 0 Å². The van der Waals surface area contributed by atoms with Gasteiger partial charge in [0.25, 0.3) is 0 Å². The zero-order valence-corrected chi connectivity index (χ0v) is 28.8. The van der Waals surface area contributed by atoms with E-state index in [0.29, 0.717) is 25.7 Å². The Morgan fingerprint density at radius 2 is 1.60 bits per heavy atom. The van der Waals surface area contributed by atoms with Gasteiger partial charge < -0.3 is 45.2 Å². The lowest BCUT2D eigenvalue weighted by molar-refractivity contribution is -0.346. The maximum absolute atomic E-state index is 12.1. The molecule has 1 saturated heterocycles. The van der Waals surface area contributed by atoms with E-state index < -0.39 is 66.6 Å². The summed E-state index contributed by atoms with van der Waals surface area (Å²) in [5.41, 5.74) is -1.21. The van der Waals surface area contributed by atoms with Crippen LogP contribution in [0.2, 0.25) is 0 Å². The zero-order chi connectivity index (χ0) is 33.5. The average Bonchev–Trinajstić information content (AvgIpc) is 3.33. The molecule has 260 valence electrons. The van der Waals surface area contributed by atoms with Crippen LogP contribution in [-0.4, -0.2) is 97.0 Å². The Bertz CT molecular complexity index is 1100. The molecule has 4 saturated carbocycles. The van der Waals surface area contributed by atoms with Crippen LogP contribution in [0.5, 0.6) is 0 Å². The fourth-order valence-corrected chi connectivity index (χ4v) is 11.9. The topological polar surface area (TPSA) is 160 Å². The van der Waals surface area contributed by atoms with E-state index in [-0.39, 0.29) is 39.9 Å². The highest BCUT2D eigenvalue weighted by Gasteiger charge is 2.73. The lowest BCUT2D eigenvalue weighted by atomic mass is 9.34. The molecule has 0 spiro atoms. The summed E-state index contributed by atoms with van der Waals surface area (Å²) >= 11 is 0. The van der Waals surface area contributed by atoms with Gasteiger partial charge in [0.1, 0.15) is 24.4 Å². The largest absolute Gasteiger partial charge is 0.394 e. The number of aliphatic hydroxyl groups excluding tert-OH is 6. The van der Waals surface area contributed by atoms with Crippen molar-refractivity contribution in [3.63, 3.8) is 0 Å². The second-order valence-corrected chi connectivity index (χ2v) is 17.5. The van der Waals surface area contributed by atoms with E-state index in [1.54, 1.807) is 0 Å².